The SMILES string of the molecule is C#C.C/C(=C\C(=C/CC#N)c1cc(/C(C)=C/C(=C\Cc2cccc(-c3ccccc3)c2)c2cccc(-c3ccccc3)c2)cc(-c2cc(-c3cccc(-c4ccccc4)c3)cc(-c3cccc(-c4ccccc4)c3)c2)c1)c1ccccc1. The molecule has 11 aromatic rings. The second-order valence-electron chi connectivity index (χ2n) is 20.4. The van der Waals surface area contributed by atoms with Gasteiger partial charge in [0.05, 0.1) is 12.5 Å². The summed E-state index contributed by atoms with van der Waals surface area (Å²) in [5.41, 5.74) is 26.2. The van der Waals surface area contributed by atoms with Gasteiger partial charge in [-0.3, -0.25) is 0 Å². The maximum atomic E-state index is 10.1. The average Bonchev–Trinajstić information content (AvgIpc) is 3.59. The predicted octanol–water partition coefficient (Wildman–Crippen LogP) is 21.7. The summed E-state index contributed by atoms with van der Waals surface area (Å²) in [6.07, 6.45) is 18.1. The molecule has 0 aromatic heterocycles. The minimum atomic E-state index is 0.271. The minimum absolute atomic E-state index is 0.271. The molecule has 0 amide bonds. The van der Waals surface area contributed by atoms with Crippen molar-refractivity contribution in [1.29, 1.82) is 5.26 Å². The van der Waals surface area contributed by atoms with Crippen LogP contribution in [-0.2, 0) is 6.42 Å². The van der Waals surface area contributed by atoms with Gasteiger partial charge in [-0.25, -0.2) is 0 Å². The number of benzene rings is 11. The first kappa shape index (κ1) is 54.8. The topological polar surface area (TPSA) is 23.8 Å². The molecule has 392 valence electrons. The molecule has 0 unspecified atom stereocenters. The summed E-state index contributed by atoms with van der Waals surface area (Å²) in [6.45, 7) is 4.40. The fourth-order valence-electron chi connectivity index (χ4n) is 10.6. The van der Waals surface area contributed by atoms with Gasteiger partial charge in [0, 0.05) is 0 Å². The van der Waals surface area contributed by atoms with Gasteiger partial charge in [0.25, 0.3) is 0 Å². The number of rotatable bonds is 16. The van der Waals surface area contributed by atoms with Crippen molar-refractivity contribution < 1.29 is 0 Å². The van der Waals surface area contributed by atoms with Gasteiger partial charge in [-0.1, -0.05) is 255 Å². The molecule has 11 aromatic carbocycles. The Hall–Kier alpha value is -10.6. The number of hydrogen-bond donors (Lipinski definition) is 0. The average molecular weight is 1050 g/mol. The van der Waals surface area contributed by atoms with E-state index in [1.54, 1.807) is 0 Å². The maximum absolute atomic E-state index is 10.1. The van der Waals surface area contributed by atoms with Crippen LogP contribution in [0.15, 0.2) is 309 Å². The molecule has 0 aliphatic carbocycles. The van der Waals surface area contributed by atoms with Gasteiger partial charge in [-0.15, -0.1) is 12.8 Å². The summed E-state index contributed by atoms with van der Waals surface area (Å²) in [5.74, 6) is 0. The summed E-state index contributed by atoms with van der Waals surface area (Å²) in [7, 11) is 0. The summed E-state index contributed by atoms with van der Waals surface area (Å²) in [5, 5.41) is 10.1. The lowest BCUT2D eigenvalue weighted by molar-refractivity contribution is 1.27. The highest BCUT2D eigenvalue weighted by Gasteiger charge is 2.15. The van der Waals surface area contributed by atoms with E-state index >= 15 is 0 Å². The van der Waals surface area contributed by atoms with E-state index in [9.17, 15) is 5.26 Å². The van der Waals surface area contributed by atoms with Crippen molar-refractivity contribution in [1.82, 2.24) is 0 Å². The smallest absolute Gasteiger partial charge is 0.0663 e. The van der Waals surface area contributed by atoms with Gasteiger partial charge < -0.3 is 0 Å². The number of nitriles is 1. The lowest BCUT2D eigenvalue weighted by Gasteiger charge is -2.17. The molecule has 0 saturated carbocycles. The van der Waals surface area contributed by atoms with Crippen LogP contribution in [0.2, 0.25) is 0 Å². The minimum Gasteiger partial charge on any atom is -0.198 e. The van der Waals surface area contributed by atoms with Gasteiger partial charge in [0.2, 0.25) is 0 Å². The fourth-order valence-corrected chi connectivity index (χ4v) is 10.6. The largest absolute Gasteiger partial charge is 0.198 e. The third-order valence-corrected chi connectivity index (χ3v) is 14.9. The Morgan fingerprint density at radius 3 is 1.11 bits per heavy atom. The van der Waals surface area contributed by atoms with Crippen LogP contribution in [0.4, 0.5) is 0 Å². The van der Waals surface area contributed by atoms with Crippen LogP contribution < -0.4 is 0 Å². The van der Waals surface area contributed by atoms with E-state index in [1.165, 1.54) is 50.1 Å². The first-order valence-corrected chi connectivity index (χ1v) is 27.9. The van der Waals surface area contributed by atoms with Gasteiger partial charge in [-0.05, 0) is 203 Å². The zero-order valence-corrected chi connectivity index (χ0v) is 46.5. The Kier molecular flexibility index (Phi) is 17.9. The monoisotopic (exact) mass is 1050 g/mol. The Bertz CT molecular complexity index is 4050. The normalized spacial score (nSPS) is 11.7. The van der Waals surface area contributed by atoms with Crippen LogP contribution in [0.25, 0.3) is 100 Å². The van der Waals surface area contributed by atoms with Crippen LogP contribution in [0.3, 0.4) is 0 Å². The molecule has 0 saturated heterocycles. The second-order valence-corrected chi connectivity index (χ2v) is 20.4. The summed E-state index contributed by atoms with van der Waals surface area (Å²) in [6, 6.07) is 105. The highest BCUT2D eigenvalue weighted by atomic mass is 14.2. The van der Waals surface area contributed by atoms with Crippen molar-refractivity contribution >= 4 is 22.3 Å². The quantitative estimate of drug-likeness (QED) is 0.0699. The van der Waals surface area contributed by atoms with Crippen molar-refractivity contribution in [2.45, 2.75) is 26.7 Å². The van der Waals surface area contributed by atoms with E-state index in [1.807, 2.05) is 0 Å². The Labute approximate surface area is 485 Å². The predicted molar refractivity (Wildman–Crippen MR) is 351 cm³/mol. The molecule has 1 nitrogen and oxygen atoms in total. The first-order valence-electron chi connectivity index (χ1n) is 27.9. The van der Waals surface area contributed by atoms with E-state index in [4.69, 9.17) is 0 Å². The molecule has 0 aliphatic heterocycles. The zero-order chi connectivity index (χ0) is 56.5. The van der Waals surface area contributed by atoms with Gasteiger partial charge in [0.15, 0.2) is 0 Å². The molecule has 0 N–H and O–H groups in total. The van der Waals surface area contributed by atoms with Crippen molar-refractivity contribution in [2.24, 2.45) is 0 Å². The Morgan fingerprint density at radius 1 is 0.305 bits per heavy atom. The summed E-state index contributed by atoms with van der Waals surface area (Å²) < 4.78 is 0. The number of allylic oxidation sites excluding steroid dienone is 8. The van der Waals surface area contributed by atoms with E-state index in [-0.39, 0.29) is 6.42 Å². The molecule has 0 atom stereocenters. The van der Waals surface area contributed by atoms with Crippen molar-refractivity contribution in [3.8, 4) is 96.8 Å². The molecule has 0 radical (unpaired) electrons. The van der Waals surface area contributed by atoms with Crippen LogP contribution in [0, 0.1) is 24.2 Å². The fraction of sp³-hybridized carbons (Fsp3) is 0.0494. The van der Waals surface area contributed by atoms with Crippen LogP contribution in [0.5, 0.6) is 0 Å². The lowest BCUT2D eigenvalue weighted by atomic mass is 9.88. The van der Waals surface area contributed by atoms with Gasteiger partial charge in [0.1, 0.15) is 0 Å². The molecule has 0 spiro atoms. The zero-order valence-electron chi connectivity index (χ0n) is 46.5. The number of hydrogen-bond acceptors (Lipinski definition) is 1. The van der Waals surface area contributed by atoms with Crippen LogP contribution >= 0.6 is 0 Å². The van der Waals surface area contributed by atoms with Crippen LogP contribution in [0.1, 0.15) is 48.1 Å². The lowest BCUT2D eigenvalue weighted by Crippen LogP contribution is -1.93. The number of nitrogens with zero attached hydrogens (tertiary/aromatic N) is 1. The first-order chi connectivity index (χ1) is 40.4. The van der Waals surface area contributed by atoms with Crippen molar-refractivity contribution in [3.63, 3.8) is 0 Å². The molecule has 0 bridgehead atoms. The van der Waals surface area contributed by atoms with Gasteiger partial charge >= 0.3 is 0 Å². The van der Waals surface area contributed by atoms with E-state index in [0.29, 0.717) is 0 Å². The molecule has 0 aliphatic rings. The van der Waals surface area contributed by atoms with E-state index in [2.05, 4.69) is 342 Å². The Morgan fingerprint density at radius 2 is 0.622 bits per heavy atom. The second kappa shape index (κ2) is 26.9. The van der Waals surface area contributed by atoms with Crippen LogP contribution in [-0.4, -0.2) is 0 Å². The molecular formula is C81H63N. The summed E-state index contributed by atoms with van der Waals surface area (Å²) in [4.78, 5) is 0. The maximum Gasteiger partial charge on any atom is 0.0663 e. The molecule has 0 fully saturated rings. The molecule has 0 heterocycles. The Balaban J connectivity index is 0.00000372. The molecule has 11 rings (SSSR count). The van der Waals surface area contributed by atoms with Gasteiger partial charge in [-0.2, -0.15) is 5.26 Å². The van der Waals surface area contributed by atoms with Crippen molar-refractivity contribution in [3.05, 3.63) is 337 Å². The third-order valence-electron chi connectivity index (χ3n) is 14.9. The third kappa shape index (κ3) is 13.6. The molecular weight excluding hydrogens is 987 g/mol. The molecule has 82 heavy (non-hydrogen) atoms. The molecule has 1 heteroatoms. The van der Waals surface area contributed by atoms with E-state index in [0.717, 1.165) is 84.3 Å². The highest BCUT2D eigenvalue weighted by molar-refractivity contribution is 5.92. The summed E-state index contributed by atoms with van der Waals surface area (Å²) >= 11 is 0. The standard InChI is InChI=1S/C79H61N.C2H2/c1-57(60-24-8-3-9-25-60)45-65(41-22-44-80)75-51-74(58(2)46-73(70-38-19-35-67(48-70)62-28-12-5-13-29-62)43-42-59-23-18-34-66(47-59)61-26-10-4-11-27-61)52-78(54-75)79-55-76(71-39-20-36-68(49-71)63-30-14-6-15-31-63)53-77(56-79)72-40-21-37-69(50-72)64-32-16-7-17-33-64;1-2/h3-21,23-41,43,45-56H,22,42H2,1-2H3;1-2H/b57-45+,58-46+,65-41+,73-43+;. The van der Waals surface area contributed by atoms with E-state index < -0.39 is 0 Å². The number of terminal acetylenes is 1. The van der Waals surface area contributed by atoms with Crippen molar-refractivity contribution in [2.75, 3.05) is 0 Å². The highest BCUT2D eigenvalue weighted by Crippen LogP contribution is 2.39.